The number of hydrogen-bond donors (Lipinski definition) is 3. The van der Waals surface area contributed by atoms with Crippen molar-refractivity contribution in [2.45, 2.75) is 32.6 Å². The number of hydrogen-bond acceptors (Lipinski definition) is 2. The van der Waals surface area contributed by atoms with Crippen LogP contribution in [0.2, 0.25) is 19.6 Å². The Morgan fingerprint density at radius 2 is 1.75 bits per heavy atom. The molecule has 0 radical (unpaired) electrons. The van der Waals surface area contributed by atoms with E-state index in [-0.39, 0.29) is 11.9 Å². The van der Waals surface area contributed by atoms with E-state index in [0.29, 0.717) is 5.56 Å². The molecule has 0 unspecified atom stereocenters. The average Bonchev–Trinajstić information content (AvgIpc) is 2.34. The lowest BCUT2D eigenvalue weighted by Crippen LogP contribution is -2.39. The van der Waals surface area contributed by atoms with Crippen LogP contribution in [-0.4, -0.2) is 31.3 Å². The Morgan fingerprint density at radius 1 is 1.20 bits per heavy atom. The second kappa shape index (κ2) is 6.56. The summed E-state index contributed by atoms with van der Waals surface area (Å²) < 4.78 is 0. The monoisotopic (exact) mass is 294 g/mol. The SMILES string of the molecule is C[C@H](NC(=O)O)c1ccc(C(=O)NC[Si](C)(C)C)cc1. The fourth-order valence-electron chi connectivity index (χ4n) is 1.64. The van der Waals surface area contributed by atoms with Gasteiger partial charge in [0.05, 0.1) is 14.1 Å². The fourth-order valence-corrected chi connectivity index (χ4v) is 2.33. The van der Waals surface area contributed by atoms with Gasteiger partial charge in [-0.25, -0.2) is 4.79 Å². The molecular formula is C14H22N2O3Si. The topological polar surface area (TPSA) is 78.4 Å². The second-order valence-electron chi connectivity index (χ2n) is 6.04. The van der Waals surface area contributed by atoms with Crippen LogP contribution in [-0.2, 0) is 0 Å². The maximum absolute atomic E-state index is 12.0. The molecule has 1 aromatic carbocycles. The van der Waals surface area contributed by atoms with E-state index in [0.717, 1.165) is 11.7 Å². The molecule has 0 heterocycles. The number of carbonyl (C=O) groups excluding carboxylic acids is 1. The molecule has 3 N–H and O–H groups in total. The molecule has 0 saturated heterocycles. The third-order valence-corrected chi connectivity index (χ3v) is 4.03. The van der Waals surface area contributed by atoms with Crippen LogP contribution in [0.5, 0.6) is 0 Å². The molecule has 0 fully saturated rings. The molecule has 5 nitrogen and oxygen atoms in total. The maximum atomic E-state index is 12.0. The minimum Gasteiger partial charge on any atom is -0.465 e. The zero-order valence-electron chi connectivity index (χ0n) is 12.4. The predicted molar refractivity (Wildman–Crippen MR) is 81.7 cm³/mol. The first-order valence-corrected chi connectivity index (χ1v) is 10.3. The van der Waals surface area contributed by atoms with Gasteiger partial charge in [0, 0.05) is 11.7 Å². The number of amides is 2. The highest BCUT2D eigenvalue weighted by atomic mass is 28.3. The number of carbonyl (C=O) groups is 2. The van der Waals surface area contributed by atoms with Gasteiger partial charge in [-0.05, 0) is 24.6 Å². The van der Waals surface area contributed by atoms with Crippen LogP contribution in [0, 0.1) is 0 Å². The highest BCUT2D eigenvalue weighted by molar-refractivity contribution is 6.76. The molecule has 6 heteroatoms. The molecule has 0 aliphatic carbocycles. The van der Waals surface area contributed by atoms with Gasteiger partial charge in [0.15, 0.2) is 0 Å². The van der Waals surface area contributed by atoms with Crippen LogP contribution in [0.4, 0.5) is 4.79 Å². The van der Waals surface area contributed by atoms with Gasteiger partial charge in [0.1, 0.15) is 0 Å². The Balaban J connectivity index is 2.66. The highest BCUT2D eigenvalue weighted by Crippen LogP contribution is 2.13. The van der Waals surface area contributed by atoms with Crippen molar-refractivity contribution in [3.8, 4) is 0 Å². The van der Waals surface area contributed by atoms with Gasteiger partial charge in [-0.3, -0.25) is 4.79 Å². The number of carboxylic acid groups (broad SMARTS) is 1. The largest absolute Gasteiger partial charge is 0.465 e. The smallest absolute Gasteiger partial charge is 0.405 e. The van der Waals surface area contributed by atoms with Crippen molar-refractivity contribution in [1.82, 2.24) is 10.6 Å². The zero-order valence-corrected chi connectivity index (χ0v) is 13.4. The van der Waals surface area contributed by atoms with Crippen molar-refractivity contribution < 1.29 is 14.7 Å². The first-order valence-electron chi connectivity index (χ1n) is 6.57. The normalized spacial score (nSPS) is 12.6. The Labute approximate surface area is 120 Å². The quantitative estimate of drug-likeness (QED) is 0.730. The maximum Gasteiger partial charge on any atom is 0.405 e. The summed E-state index contributed by atoms with van der Waals surface area (Å²) in [5.74, 6) is -0.0854. The van der Waals surface area contributed by atoms with Crippen LogP contribution < -0.4 is 10.6 Å². The van der Waals surface area contributed by atoms with Crippen molar-refractivity contribution in [2.24, 2.45) is 0 Å². The van der Waals surface area contributed by atoms with Gasteiger partial charge in [0.25, 0.3) is 5.91 Å². The molecule has 1 aromatic rings. The van der Waals surface area contributed by atoms with Gasteiger partial charge in [-0.1, -0.05) is 31.8 Å². The molecular weight excluding hydrogens is 272 g/mol. The van der Waals surface area contributed by atoms with Crippen molar-refractivity contribution in [3.05, 3.63) is 35.4 Å². The lowest BCUT2D eigenvalue weighted by atomic mass is 10.1. The minimum absolute atomic E-state index is 0.0854. The van der Waals surface area contributed by atoms with Crippen LogP contribution in [0.15, 0.2) is 24.3 Å². The van der Waals surface area contributed by atoms with Crippen LogP contribution >= 0.6 is 0 Å². The fraction of sp³-hybridized carbons (Fsp3) is 0.429. The number of rotatable bonds is 5. The summed E-state index contributed by atoms with van der Waals surface area (Å²) in [5, 5.41) is 14.0. The second-order valence-corrected chi connectivity index (χ2v) is 11.5. The lowest BCUT2D eigenvalue weighted by Gasteiger charge is -2.17. The van der Waals surface area contributed by atoms with E-state index in [2.05, 4.69) is 30.3 Å². The Bertz CT molecular complexity index is 480. The molecule has 0 aliphatic heterocycles. The van der Waals surface area contributed by atoms with Crippen LogP contribution in [0.1, 0.15) is 28.9 Å². The van der Waals surface area contributed by atoms with Crippen LogP contribution in [0.25, 0.3) is 0 Å². The summed E-state index contributed by atoms with van der Waals surface area (Å²) in [4.78, 5) is 22.5. The van der Waals surface area contributed by atoms with Gasteiger partial charge in [-0.15, -0.1) is 0 Å². The lowest BCUT2D eigenvalue weighted by molar-refractivity contribution is 0.0959. The molecule has 20 heavy (non-hydrogen) atoms. The molecule has 1 rings (SSSR count). The average molecular weight is 294 g/mol. The van der Waals surface area contributed by atoms with E-state index in [4.69, 9.17) is 5.11 Å². The van der Waals surface area contributed by atoms with Gasteiger partial charge in [-0.2, -0.15) is 0 Å². The van der Waals surface area contributed by atoms with E-state index in [1.165, 1.54) is 0 Å². The summed E-state index contributed by atoms with van der Waals surface area (Å²) >= 11 is 0. The predicted octanol–water partition coefficient (Wildman–Crippen LogP) is 2.62. The third-order valence-electron chi connectivity index (χ3n) is 2.79. The Morgan fingerprint density at radius 3 is 2.20 bits per heavy atom. The molecule has 1 atom stereocenters. The Kier molecular flexibility index (Phi) is 5.32. The number of benzene rings is 1. The zero-order chi connectivity index (χ0) is 15.3. The van der Waals surface area contributed by atoms with Crippen molar-refractivity contribution in [1.29, 1.82) is 0 Å². The summed E-state index contributed by atoms with van der Waals surface area (Å²) in [6.07, 6.45) is -0.320. The van der Waals surface area contributed by atoms with Crippen LogP contribution in [0.3, 0.4) is 0 Å². The molecule has 2 amide bonds. The minimum atomic E-state index is -1.31. The van der Waals surface area contributed by atoms with Crippen molar-refractivity contribution >= 4 is 20.1 Å². The molecule has 0 spiro atoms. The van der Waals surface area contributed by atoms with Gasteiger partial charge >= 0.3 is 6.09 Å². The summed E-state index contributed by atoms with van der Waals surface area (Å²) in [6, 6.07) is 6.67. The first kappa shape index (κ1) is 16.2. The van der Waals surface area contributed by atoms with Gasteiger partial charge in [0.2, 0.25) is 0 Å². The summed E-state index contributed by atoms with van der Waals surface area (Å²) in [7, 11) is -1.31. The van der Waals surface area contributed by atoms with Crippen molar-refractivity contribution in [3.63, 3.8) is 0 Å². The van der Waals surface area contributed by atoms with E-state index < -0.39 is 14.2 Å². The standard InChI is InChI=1S/C14H22N2O3Si/c1-10(16-14(18)19)11-5-7-12(8-6-11)13(17)15-9-20(2,3)4/h5-8,10,16H,9H2,1-4H3,(H,15,17)(H,18,19)/t10-/m0/s1. The highest BCUT2D eigenvalue weighted by Gasteiger charge is 2.15. The number of nitrogens with one attached hydrogen (secondary N) is 2. The van der Waals surface area contributed by atoms with Crippen molar-refractivity contribution in [2.75, 3.05) is 6.17 Å². The first-order chi connectivity index (χ1) is 9.19. The molecule has 0 aliphatic rings. The van der Waals surface area contributed by atoms with E-state index in [9.17, 15) is 9.59 Å². The summed E-state index contributed by atoms with van der Waals surface area (Å²) in [6.45, 7) is 8.33. The molecule has 0 saturated carbocycles. The molecule has 0 aromatic heterocycles. The molecule has 0 bridgehead atoms. The molecule has 110 valence electrons. The summed E-state index contributed by atoms with van der Waals surface area (Å²) in [5.41, 5.74) is 1.42. The van der Waals surface area contributed by atoms with E-state index in [1.54, 1.807) is 31.2 Å². The third kappa shape index (κ3) is 5.44. The Hall–Kier alpha value is -1.82. The van der Waals surface area contributed by atoms with E-state index >= 15 is 0 Å². The van der Waals surface area contributed by atoms with Gasteiger partial charge < -0.3 is 15.7 Å². The van der Waals surface area contributed by atoms with E-state index in [1.807, 2.05) is 0 Å².